The molecule has 2 aromatic carbocycles. The monoisotopic (exact) mass is 472 g/mol. The zero-order valence-electron chi connectivity index (χ0n) is 20.7. The van der Waals surface area contributed by atoms with Crippen molar-refractivity contribution in [3.05, 3.63) is 64.7 Å². The Morgan fingerprint density at radius 3 is 2.30 bits per heavy atom. The molecule has 1 N–H and O–H groups in total. The van der Waals surface area contributed by atoms with Crippen LogP contribution in [-0.2, 0) is 21.5 Å². The van der Waals surface area contributed by atoms with Crippen LogP contribution in [0.5, 0.6) is 5.75 Å². The Kier molecular flexibility index (Phi) is 9.78. The number of carbonyl (C=O) groups is 2. The number of nitrogens with one attached hydrogen (secondary N) is 1. The van der Waals surface area contributed by atoms with Gasteiger partial charge in [-0.1, -0.05) is 89.5 Å². The number of halogens is 1. The van der Waals surface area contributed by atoms with Gasteiger partial charge in [-0.15, -0.1) is 0 Å². The maximum atomic E-state index is 13.4. The third kappa shape index (κ3) is 7.78. The fourth-order valence-corrected chi connectivity index (χ4v) is 3.78. The van der Waals surface area contributed by atoms with Gasteiger partial charge in [0.25, 0.3) is 5.91 Å². The number of benzene rings is 2. The fraction of sp³-hybridized carbons (Fsp3) is 0.481. The molecule has 0 radical (unpaired) electrons. The fourth-order valence-electron chi connectivity index (χ4n) is 3.59. The number of nitrogens with zero attached hydrogens (tertiary/aromatic N) is 1. The molecule has 0 saturated carbocycles. The molecule has 2 amide bonds. The van der Waals surface area contributed by atoms with E-state index in [1.54, 1.807) is 11.0 Å². The van der Waals surface area contributed by atoms with Gasteiger partial charge in [0.15, 0.2) is 6.61 Å². The lowest BCUT2D eigenvalue weighted by molar-refractivity contribution is -0.143. The number of para-hydroxylation sites is 1. The minimum Gasteiger partial charge on any atom is -0.483 e. The van der Waals surface area contributed by atoms with E-state index in [0.29, 0.717) is 29.7 Å². The molecular formula is C27H37ClN2O3. The van der Waals surface area contributed by atoms with Gasteiger partial charge in [0.1, 0.15) is 11.8 Å². The van der Waals surface area contributed by atoms with Gasteiger partial charge in [0.05, 0.1) is 0 Å². The van der Waals surface area contributed by atoms with E-state index in [2.05, 4.69) is 26.1 Å². The molecule has 180 valence electrons. The lowest BCUT2D eigenvalue weighted by Crippen LogP contribution is -2.50. The van der Waals surface area contributed by atoms with Crippen molar-refractivity contribution in [1.29, 1.82) is 0 Å². The van der Waals surface area contributed by atoms with Gasteiger partial charge in [0.2, 0.25) is 5.91 Å². The summed E-state index contributed by atoms with van der Waals surface area (Å²) in [5, 5.41) is 3.53. The predicted octanol–water partition coefficient (Wildman–Crippen LogP) is 5.60. The van der Waals surface area contributed by atoms with Crippen molar-refractivity contribution in [1.82, 2.24) is 10.2 Å². The van der Waals surface area contributed by atoms with Gasteiger partial charge < -0.3 is 15.0 Å². The highest BCUT2D eigenvalue weighted by molar-refractivity contribution is 6.31. The molecule has 0 bridgehead atoms. The lowest BCUT2D eigenvalue weighted by Gasteiger charge is -2.31. The van der Waals surface area contributed by atoms with E-state index in [4.69, 9.17) is 16.3 Å². The van der Waals surface area contributed by atoms with E-state index in [9.17, 15) is 9.59 Å². The van der Waals surface area contributed by atoms with Crippen molar-refractivity contribution in [2.24, 2.45) is 5.92 Å². The molecule has 0 aliphatic rings. The molecule has 0 heterocycles. The van der Waals surface area contributed by atoms with Crippen LogP contribution >= 0.6 is 11.6 Å². The summed E-state index contributed by atoms with van der Waals surface area (Å²) in [4.78, 5) is 28.0. The van der Waals surface area contributed by atoms with Crippen LogP contribution in [0.3, 0.4) is 0 Å². The summed E-state index contributed by atoms with van der Waals surface area (Å²) in [6.45, 7) is 12.9. The molecule has 5 nitrogen and oxygen atoms in total. The topological polar surface area (TPSA) is 58.6 Å². The number of amides is 2. The molecule has 0 aliphatic heterocycles. The Labute approximate surface area is 203 Å². The molecule has 6 heteroatoms. The van der Waals surface area contributed by atoms with Crippen LogP contribution in [0.15, 0.2) is 48.5 Å². The van der Waals surface area contributed by atoms with E-state index in [-0.39, 0.29) is 30.4 Å². The predicted molar refractivity (Wildman–Crippen MR) is 135 cm³/mol. The van der Waals surface area contributed by atoms with Gasteiger partial charge in [-0.05, 0) is 41.0 Å². The number of carbonyl (C=O) groups excluding carboxylic acids is 2. The second kappa shape index (κ2) is 12.1. The van der Waals surface area contributed by atoms with Gasteiger partial charge in [0, 0.05) is 18.1 Å². The maximum absolute atomic E-state index is 13.4. The van der Waals surface area contributed by atoms with Gasteiger partial charge in [-0.25, -0.2) is 0 Å². The van der Waals surface area contributed by atoms with Crippen LogP contribution in [0.4, 0.5) is 0 Å². The van der Waals surface area contributed by atoms with Crippen molar-refractivity contribution in [3.63, 3.8) is 0 Å². The Morgan fingerprint density at radius 2 is 1.70 bits per heavy atom. The summed E-state index contributed by atoms with van der Waals surface area (Å²) in [7, 11) is 0. The standard InChI is InChI=1S/C27H37ClN2O3/c1-7-23(26(32)29-16-19(2)3)30(17-20-12-8-10-14-22(20)28)25(31)18-33-24-15-11-9-13-21(24)27(4,5)6/h8-15,19,23H,7,16-18H2,1-6H3,(H,29,32)/t23-/m1/s1. The van der Waals surface area contributed by atoms with E-state index in [0.717, 1.165) is 11.1 Å². The molecule has 0 unspecified atom stereocenters. The van der Waals surface area contributed by atoms with Crippen molar-refractivity contribution in [2.75, 3.05) is 13.2 Å². The molecule has 0 aromatic heterocycles. The summed E-state index contributed by atoms with van der Waals surface area (Å²) in [5.74, 6) is 0.566. The van der Waals surface area contributed by atoms with Crippen molar-refractivity contribution < 1.29 is 14.3 Å². The first-order chi connectivity index (χ1) is 15.5. The SMILES string of the molecule is CC[C@H](C(=O)NCC(C)C)N(Cc1ccccc1Cl)C(=O)COc1ccccc1C(C)(C)C. The third-order valence-electron chi connectivity index (χ3n) is 5.42. The van der Waals surface area contributed by atoms with E-state index >= 15 is 0 Å². The summed E-state index contributed by atoms with van der Waals surface area (Å²) < 4.78 is 5.99. The van der Waals surface area contributed by atoms with E-state index in [1.807, 2.05) is 63.2 Å². The van der Waals surface area contributed by atoms with Gasteiger partial charge in [-0.2, -0.15) is 0 Å². The quantitative estimate of drug-likeness (QED) is 0.490. The van der Waals surface area contributed by atoms with Crippen molar-refractivity contribution in [3.8, 4) is 5.75 Å². The number of hydrogen-bond donors (Lipinski definition) is 1. The van der Waals surface area contributed by atoms with E-state index in [1.165, 1.54) is 0 Å². The number of hydrogen-bond acceptors (Lipinski definition) is 3. The minimum atomic E-state index is -0.617. The molecule has 33 heavy (non-hydrogen) atoms. The summed E-state index contributed by atoms with van der Waals surface area (Å²) in [6, 6.07) is 14.5. The first kappa shape index (κ1) is 26.7. The third-order valence-corrected chi connectivity index (χ3v) is 5.78. The first-order valence-corrected chi connectivity index (χ1v) is 11.9. The lowest BCUT2D eigenvalue weighted by atomic mass is 9.86. The zero-order valence-corrected chi connectivity index (χ0v) is 21.4. The maximum Gasteiger partial charge on any atom is 0.261 e. The molecule has 2 aromatic rings. The average molecular weight is 473 g/mol. The van der Waals surface area contributed by atoms with Crippen molar-refractivity contribution >= 4 is 23.4 Å². The van der Waals surface area contributed by atoms with Crippen LogP contribution in [0.25, 0.3) is 0 Å². The van der Waals surface area contributed by atoms with Crippen molar-refractivity contribution in [2.45, 2.75) is 66.0 Å². The number of rotatable bonds is 10. The zero-order chi connectivity index (χ0) is 24.6. The van der Waals surface area contributed by atoms with Crippen LogP contribution in [0, 0.1) is 5.92 Å². The van der Waals surface area contributed by atoms with Gasteiger partial charge >= 0.3 is 0 Å². The number of ether oxygens (including phenoxy) is 1. The summed E-state index contributed by atoms with van der Waals surface area (Å²) in [5.41, 5.74) is 1.69. The molecule has 0 aliphatic carbocycles. The highest BCUT2D eigenvalue weighted by Gasteiger charge is 2.30. The van der Waals surface area contributed by atoms with Gasteiger partial charge in [-0.3, -0.25) is 9.59 Å². The van der Waals surface area contributed by atoms with E-state index < -0.39 is 6.04 Å². The highest BCUT2D eigenvalue weighted by Crippen LogP contribution is 2.31. The normalized spacial score (nSPS) is 12.4. The van der Waals surface area contributed by atoms with Crippen LogP contribution in [0.1, 0.15) is 59.1 Å². The molecule has 0 saturated heterocycles. The molecule has 2 rings (SSSR count). The van der Waals surface area contributed by atoms with Crippen LogP contribution < -0.4 is 10.1 Å². The smallest absolute Gasteiger partial charge is 0.261 e. The van der Waals surface area contributed by atoms with Crippen LogP contribution in [-0.4, -0.2) is 35.9 Å². The second-order valence-electron chi connectivity index (χ2n) is 9.71. The minimum absolute atomic E-state index is 0.125. The summed E-state index contributed by atoms with van der Waals surface area (Å²) in [6.07, 6.45) is 0.485. The second-order valence-corrected chi connectivity index (χ2v) is 10.1. The first-order valence-electron chi connectivity index (χ1n) is 11.6. The Morgan fingerprint density at radius 1 is 1.06 bits per heavy atom. The Hall–Kier alpha value is -2.53. The largest absolute Gasteiger partial charge is 0.483 e. The average Bonchev–Trinajstić information content (AvgIpc) is 2.76. The van der Waals surface area contributed by atoms with Crippen LogP contribution in [0.2, 0.25) is 5.02 Å². The Bertz CT molecular complexity index is 937. The highest BCUT2D eigenvalue weighted by atomic mass is 35.5. The molecule has 1 atom stereocenters. The Balaban J connectivity index is 2.28. The molecule has 0 fully saturated rings. The molecule has 0 spiro atoms. The molecular weight excluding hydrogens is 436 g/mol. The summed E-state index contributed by atoms with van der Waals surface area (Å²) >= 11 is 6.38.